The molecule has 7 nitrogen and oxygen atoms in total. The van der Waals surface area contributed by atoms with Crippen LogP contribution in [0.25, 0.3) is 5.69 Å². The van der Waals surface area contributed by atoms with Gasteiger partial charge in [-0.25, -0.2) is 9.48 Å². The van der Waals surface area contributed by atoms with Gasteiger partial charge in [-0.3, -0.25) is 10.4 Å². The zero-order valence-electron chi connectivity index (χ0n) is 13.0. The SMILES string of the molecule is CCc1c(NC(=O)Nc2ccn[nH]2)cnn1-c1ccccc1C. The highest BCUT2D eigenvalue weighted by Crippen LogP contribution is 2.22. The predicted octanol–water partition coefficient (Wildman–Crippen LogP) is 3.11. The van der Waals surface area contributed by atoms with E-state index in [1.165, 1.54) is 0 Å². The zero-order chi connectivity index (χ0) is 16.2. The van der Waals surface area contributed by atoms with Crippen molar-refractivity contribution in [2.45, 2.75) is 20.3 Å². The smallest absolute Gasteiger partial charge is 0.305 e. The molecule has 0 fully saturated rings. The third-order valence-electron chi connectivity index (χ3n) is 3.54. The number of rotatable bonds is 4. The van der Waals surface area contributed by atoms with Crippen molar-refractivity contribution in [2.75, 3.05) is 10.6 Å². The van der Waals surface area contributed by atoms with E-state index in [9.17, 15) is 4.79 Å². The minimum absolute atomic E-state index is 0.340. The van der Waals surface area contributed by atoms with Gasteiger partial charge in [0.05, 0.1) is 29.5 Å². The van der Waals surface area contributed by atoms with E-state index in [-0.39, 0.29) is 6.03 Å². The van der Waals surface area contributed by atoms with Crippen LogP contribution in [-0.2, 0) is 6.42 Å². The maximum atomic E-state index is 12.1. The molecule has 3 N–H and O–H groups in total. The third-order valence-corrected chi connectivity index (χ3v) is 3.54. The van der Waals surface area contributed by atoms with Crippen molar-refractivity contribution in [3.63, 3.8) is 0 Å². The van der Waals surface area contributed by atoms with Gasteiger partial charge in [0.15, 0.2) is 0 Å². The van der Waals surface area contributed by atoms with Gasteiger partial charge in [-0.1, -0.05) is 25.1 Å². The maximum absolute atomic E-state index is 12.1. The Balaban J connectivity index is 1.84. The molecular weight excluding hydrogens is 292 g/mol. The molecule has 0 aliphatic heterocycles. The Bertz CT molecular complexity index is 806. The van der Waals surface area contributed by atoms with E-state index >= 15 is 0 Å². The molecule has 2 aromatic heterocycles. The number of hydrogen-bond acceptors (Lipinski definition) is 3. The normalized spacial score (nSPS) is 10.5. The predicted molar refractivity (Wildman–Crippen MR) is 88.9 cm³/mol. The van der Waals surface area contributed by atoms with Gasteiger partial charge in [-0.15, -0.1) is 0 Å². The van der Waals surface area contributed by atoms with E-state index in [0.29, 0.717) is 11.5 Å². The molecule has 0 spiro atoms. The topological polar surface area (TPSA) is 87.6 Å². The van der Waals surface area contributed by atoms with Crippen LogP contribution in [0.4, 0.5) is 16.3 Å². The molecule has 7 heteroatoms. The minimum atomic E-state index is -0.340. The quantitative estimate of drug-likeness (QED) is 0.692. The van der Waals surface area contributed by atoms with E-state index in [0.717, 1.165) is 23.4 Å². The number of urea groups is 1. The lowest BCUT2D eigenvalue weighted by atomic mass is 10.2. The van der Waals surface area contributed by atoms with Gasteiger partial charge in [0.2, 0.25) is 0 Å². The lowest BCUT2D eigenvalue weighted by Gasteiger charge is -2.11. The summed E-state index contributed by atoms with van der Waals surface area (Å²) < 4.78 is 1.86. The van der Waals surface area contributed by atoms with Crippen LogP contribution in [0.1, 0.15) is 18.2 Å². The van der Waals surface area contributed by atoms with E-state index < -0.39 is 0 Å². The van der Waals surface area contributed by atoms with Crippen molar-refractivity contribution in [3.05, 3.63) is 54.0 Å². The van der Waals surface area contributed by atoms with Gasteiger partial charge < -0.3 is 5.32 Å². The number of carbonyl (C=O) groups excluding carboxylic acids is 1. The largest absolute Gasteiger partial charge is 0.324 e. The average molecular weight is 310 g/mol. The van der Waals surface area contributed by atoms with E-state index in [2.05, 4.69) is 25.9 Å². The minimum Gasteiger partial charge on any atom is -0.305 e. The summed E-state index contributed by atoms with van der Waals surface area (Å²) in [5.74, 6) is 0.534. The molecule has 2 heterocycles. The van der Waals surface area contributed by atoms with Crippen molar-refractivity contribution in [3.8, 4) is 5.69 Å². The second-order valence-corrected chi connectivity index (χ2v) is 5.11. The molecule has 0 saturated carbocycles. The summed E-state index contributed by atoms with van der Waals surface area (Å²) >= 11 is 0. The monoisotopic (exact) mass is 310 g/mol. The van der Waals surface area contributed by atoms with Crippen LogP contribution in [-0.4, -0.2) is 26.0 Å². The summed E-state index contributed by atoms with van der Waals surface area (Å²) in [6.45, 7) is 4.07. The van der Waals surface area contributed by atoms with Crippen LogP contribution in [0.5, 0.6) is 0 Å². The van der Waals surface area contributed by atoms with Crippen molar-refractivity contribution < 1.29 is 4.79 Å². The number of amides is 2. The van der Waals surface area contributed by atoms with Crippen molar-refractivity contribution >= 4 is 17.5 Å². The number of aryl methyl sites for hydroxylation is 1. The fourth-order valence-corrected chi connectivity index (χ4v) is 2.43. The Morgan fingerprint density at radius 3 is 2.78 bits per heavy atom. The maximum Gasteiger partial charge on any atom is 0.324 e. The molecule has 23 heavy (non-hydrogen) atoms. The first kappa shape index (κ1) is 14.8. The molecule has 2 amide bonds. The number of nitrogens with zero attached hydrogens (tertiary/aromatic N) is 3. The Hall–Kier alpha value is -3.09. The number of anilines is 2. The summed E-state index contributed by atoms with van der Waals surface area (Å²) in [5, 5.41) is 16.4. The van der Waals surface area contributed by atoms with Crippen LogP contribution in [0, 0.1) is 6.92 Å². The van der Waals surface area contributed by atoms with Crippen LogP contribution < -0.4 is 10.6 Å². The second-order valence-electron chi connectivity index (χ2n) is 5.11. The zero-order valence-corrected chi connectivity index (χ0v) is 13.0. The molecule has 0 saturated heterocycles. The van der Waals surface area contributed by atoms with Gasteiger partial charge in [0.25, 0.3) is 0 Å². The highest BCUT2D eigenvalue weighted by molar-refractivity contribution is 5.99. The Labute approximate surface area is 133 Å². The molecule has 0 aliphatic carbocycles. The number of carbonyl (C=O) groups is 1. The van der Waals surface area contributed by atoms with Crippen molar-refractivity contribution in [1.29, 1.82) is 0 Å². The summed E-state index contributed by atoms with van der Waals surface area (Å²) in [5.41, 5.74) is 3.76. The molecule has 3 rings (SSSR count). The van der Waals surface area contributed by atoms with Gasteiger partial charge in [-0.05, 0) is 25.0 Å². The summed E-state index contributed by atoms with van der Waals surface area (Å²) in [7, 11) is 0. The van der Waals surface area contributed by atoms with Crippen LogP contribution in [0.15, 0.2) is 42.7 Å². The first-order valence-corrected chi connectivity index (χ1v) is 7.39. The van der Waals surface area contributed by atoms with Crippen molar-refractivity contribution in [2.24, 2.45) is 0 Å². The average Bonchev–Trinajstić information content (AvgIpc) is 3.17. The molecule has 0 bridgehead atoms. The number of hydrogen-bond donors (Lipinski definition) is 3. The van der Waals surface area contributed by atoms with Gasteiger partial charge in [0, 0.05) is 6.07 Å². The lowest BCUT2D eigenvalue weighted by Crippen LogP contribution is -2.20. The Morgan fingerprint density at radius 2 is 2.09 bits per heavy atom. The van der Waals surface area contributed by atoms with Crippen LogP contribution in [0.3, 0.4) is 0 Å². The number of para-hydroxylation sites is 1. The number of benzene rings is 1. The van der Waals surface area contributed by atoms with Gasteiger partial charge in [-0.2, -0.15) is 10.2 Å². The first-order chi connectivity index (χ1) is 11.2. The molecule has 118 valence electrons. The number of H-pyrrole nitrogens is 1. The van der Waals surface area contributed by atoms with E-state index in [1.807, 2.05) is 42.8 Å². The summed E-state index contributed by atoms with van der Waals surface area (Å²) in [4.78, 5) is 12.1. The Morgan fingerprint density at radius 1 is 1.26 bits per heavy atom. The molecule has 3 aromatic rings. The standard InChI is InChI=1S/C16H18N6O/c1-3-13-12(19-16(23)20-15-8-9-17-21-15)10-18-22(13)14-7-5-4-6-11(14)2/h4-10H,3H2,1-2H3,(H3,17,19,20,21,23). The fourth-order valence-electron chi connectivity index (χ4n) is 2.43. The number of aromatic nitrogens is 4. The second kappa shape index (κ2) is 6.35. The Kier molecular flexibility index (Phi) is 4.09. The molecule has 1 aromatic carbocycles. The lowest BCUT2D eigenvalue weighted by molar-refractivity contribution is 0.262. The van der Waals surface area contributed by atoms with Crippen LogP contribution >= 0.6 is 0 Å². The fraction of sp³-hybridized carbons (Fsp3) is 0.188. The van der Waals surface area contributed by atoms with E-state index in [4.69, 9.17) is 0 Å². The first-order valence-electron chi connectivity index (χ1n) is 7.39. The van der Waals surface area contributed by atoms with Gasteiger partial charge >= 0.3 is 6.03 Å². The third kappa shape index (κ3) is 3.08. The van der Waals surface area contributed by atoms with E-state index in [1.54, 1.807) is 18.5 Å². The van der Waals surface area contributed by atoms with Gasteiger partial charge in [0.1, 0.15) is 5.82 Å². The molecule has 0 radical (unpaired) electrons. The summed E-state index contributed by atoms with van der Waals surface area (Å²) in [6, 6.07) is 9.35. The molecule has 0 unspecified atom stereocenters. The highest BCUT2D eigenvalue weighted by Gasteiger charge is 2.14. The molecule has 0 atom stereocenters. The van der Waals surface area contributed by atoms with Crippen LogP contribution in [0.2, 0.25) is 0 Å². The van der Waals surface area contributed by atoms with Crippen molar-refractivity contribution in [1.82, 2.24) is 20.0 Å². The number of aromatic amines is 1. The highest BCUT2D eigenvalue weighted by atomic mass is 16.2. The number of nitrogens with one attached hydrogen (secondary N) is 3. The molecule has 0 aliphatic rings. The molecular formula is C16H18N6O. The summed E-state index contributed by atoms with van der Waals surface area (Å²) in [6.07, 6.45) is 3.98.